The molecule has 0 bridgehead atoms. The van der Waals surface area contributed by atoms with E-state index in [1.165, 1.54) is 27.8 Å². The third-order valence-electron chi connectivity index (χ3n) is 10.1. The molecular formula is C43H28FN5O. The van der Waals surface area contributed by atoms with Crippen LogP contribution in [-0.4, -0.2) is 27.4 Å². The van der Waals surface area contributed by atoms with E-state index in [0.29, 0.717) is 28.6 Å². The summed E-state index contributed by atoms with van der Waals surface area (Å²) < 4.78 is 50.7. The first-order valence-corrected chi connectivity index (χ1v) is 16.5. The zero-order valence-electron chi connectivity index (χ0n) is 29.5. The molecule has 10 aromatic rings. The predicted molar refractivity (Wildman–Crippen MR) is 202 cm³/mol. The van der Waals surface area contributed by atoms with Crippen molar-refractivity contribution in [1.82, 2.24) is 13.8 Å². The van der Waals surface area contributed by atoms with Gasteiger partial charge in [-0.25, -0.2) is 9.37 Å². The minimum absolute atomic E-state index is 0.0473. The number of hydrogen-bond donors (Lipinski definition) is 0. The molecule has 0 N–H and O–H groups in total. The van der Waals surface area contributed by atoms with Crippen molar-refractivity contribution in [3.05, 3.63) is 145 Å². The number of halogens is 1. The van der Waals surface area contributed by atoms with E-state index in [1.807, 2.05) is 36.5 Å². The van der Waals surface area contributed by atoms with Crippen molar-refractivity contribution in [2.75, 3.05) is 23.4 Å². The lowest BCUT2D eigenvalue weighted by atomic mass is 10.1. The lowest BCUT2D eigenvalue weighted by molar-refractivity contribution is 0.477. The Hall–Kier alpha value is -6.60. The van der Waals surface area contributed by atoms with Gasteiger partial charge in [-0.05, 0) is 54.6 Å². The maximum Gasteiger partial charge on any atom is 0.145 e. The molecule has 6 nitrogen and oxygen atoms in total. The van der Waals surface area contributed by atoms with Crippen LogP contribution in [0.2, 0.25) is 0 Å². The van der Waals surface area contributed by atoms with Gasteiger partial charge in [-0.15, -0.1) is 0 Å². The fourth-order valence-electron chi connectivity index (χ4n) is 8.10. The summed E-state index contributed by atoms with van der Waals surface area (Å²) in [5, 5.41) is 6.57. The van der Waals surface area contributed by atoms with Gasteiger partial charge in [-0.1, -0.05) is 60.7 Å². The lowest BCUT2D eigenvalue weighted by Crippen LogP contribution is -2.24. The molecule has 7 heteroatoms. The van der Waals surface area contributed by atoms with E-state index in [1.54, 1.807) is 23.1 Å². The van der Waals surface area contributed by atoms with Gasteiger partial charge in [-0.2, -0.15) is 0 Å². The highest BCUT2D eigenvalue weighted by atomic mass is 19.1. The van der Waals surface area contributed by atoms with Crippen LogP contribution in [0.1, 0.15) is 4.11 Å². The van der Waals surface area contributed by atoms with Gasteiger partial charge < -0.3 is 18.9 Å². The first kappa shape index (κ1) is 24.5. The minimum atomic E-state index is -2.36. The van der Waals surface area contributed by atoms with Crippen LogP contribution in [0.15, 0.2) is 140 Å². The van der Waals surface area contributed by atoms with Crippen LogP contribution in [0.4, 0.5) is 21.5 Å². The van der Waals surface area contributed by atoms with Gasteiger partial charge in [0, 0.05) is 73.5 Å². The summed E-state index contributed by atoms with van der Waals surface area (Å²) in [6.45, 7) is -2.31. The van der Waals surface area contributed by atoms with Gasteiger partial charge in [-0.3, -0.25) is 4.40 Å². The molecule has 0 saturated carbocycles. The Kier molecular flexibility index (Phi) is 4.89. The summed E-state index contributed by atoms with van der Waals surface area (Å²) in [6, 6.07) is 43.2. The minimum Gasteiger partial charge on any atom is -0.457 e. The molecule has 6 aromatic carbocycles. The predicted octanol–water partition coefficient (Wildman–Crippen LogP) is 10.8. The molecule has 0 fully saturated rings. The first-order chi connectivity index (χ1) is 25.8. The normalized spacial score (nSPS) is 14.4. The first-order valence-electron chi connectivity index (χ1n) is 18.0. The molecule has 1 aliphatic rings. The maximum absolute atomic E-state index is 15.4. The molecule has 5 heterocycles. The van der Waals surface area contributed by atoms with Crippen molar-refractivity contribution >= 4 is 82.6 Å². The Morgan fingerprint density at radius 2 is 1.32 bits per heavy atom. The quantitative estimate of drug-likeness (QED) is 0.190. The molecular weight excluding hydrogens is 622 g/mol. The van der Waals surface area contributed by atoms with Crippen molar-refractivity contribution in [3.63, 3.8) is 0 Å². The van der Waals surface area contributed by atoms with E-state index >= 15 is 4.39 Å². The summed E-state index contributed by atoms with van der Waals surface area (Å²) in [5.74, 6) is 0.322. The third-order valence-corrected chi connectivity index (χ3v) is 10.1. The highest BCUT2D eigenvalue weighted by Gasteiger charge is 2.25. The summed E-state index contributed by atoms with van der Waals surface area (Å²) in [6.07, 6.45) is 1.83. The van der Waals surface area contributed by atoms with Crippen LogP contribution < -0.4 is 14.5 Å². The SMILES string of the molecule is [2H]C([2H])([2H])N1CN(c2cc(F)cc(Oc3ccc4c5cccc6c5n(c4c3)c3ncccc3c3cccc4c5ccccc5n6c43)c2)c2ccccc21. The maximum atomic E-state index is 15.4. The van der Waals surface area contributed by atoms with Crippen molar-refractivity contribution in [2.45, 2.75) is 0 Å². The molecule has 11 rings (SSSR count). The lowest BCUT2D eigenvalue weighted by Gasteiger charge is -2.20. The highest BCUT2D eigenvalue weighted by Crippen LogP contribution is 2.43. The molecule has 0 aliphatic carbocycles. The highest BCUT2D eigenvalue weighted by molar-refractivity contribution is 6.23. The van der Waals surface area contributed by atoms with Gasteiger partial charge in [0.05, 0.1) is 45.6 Å². The van der Waals surface area contributed by atoms with Crippen molar-refractivity contribution in [3.8, 4) is 11.5 Å². The molecule has 4 aromatic heterocycles. The van der Waals surface area contributed by atoms with Gasteiger partial charge >= 0.3 is 0 Å². The Morgan fingerprint density at radius 3 is 2.22 bits per heavy atom. The molecule has 50 heavy (non-hydrogen) atoms. The molecule has 1 aliphatic heterocycles. The largest absolute Gasteiger partial charge is 0.457 e. The number of nitrogens with zero attached hydrogens (tertiary/aromatic N) is 5. The molecule has 0 amide bonds. The number of rotatable bonds is 3. The van der Waals surface area contributed by atoms with Crippen LogP contribution in [0, 0.1) is 5.82 Å². The van der Waals surface area contributed by atoms with Crippen molar-refractivity contribution in [1.29, 1.82) is 0 Å². The Labute approximate surface area is 289 Å². The number of aromatic nitrogens is 3. The fourth-order valence-corrected chi connectivity index (χ4v) is 8.10. The number of fused-ring (bicyclic) bond motifs is 11. The summed E-state index contributed by atoms with van der Waals surface area (Å²) in [4.78, 5) is 8.15. The van der Waals surface area contributed by atoms with E-state index < -0.39 is 12.8 Å². The second-order valence-electron chi connectivity index (χ2n) is 12.8. The number of anilines is 3. The molecule has 0 spiro atoms. The average molecular weight is 653 g/mol. The van der Waals surface area contributed by atoms with Gasteiger partial charge in [0.15, 0.2) is 0 Å². The van der Waals surface area contributed by atoms with Gasteiger partial charge in [0.2, 0.25) is 0 Å². The molecule has 0 unspecified atom stereocenters. The van der Waals surface area contributed by atoms with E-state index in [-0.39, 0.29) is 6.67 Å². The van der Waals surface area contributed by atoms with Crippen LogP contribution in [0.25, 0.3) is 65.5 Å². The fraction of sp³-hybridized carbons (Fsp3) is 0.0465. The van der Waals surface area contributed by atoms with E-state index in [2.05, 4.69) is 81.6 Å². The summed E-state index contributed by atoms with van der Waals surface area (Å²) >= 11 is 0. The number of hydrogen-bond acceptors (Lipinski definition) is 4. The van der Waals surface area contributed by atoms with Crippen LogP contribution in [0.3, 0.4) is 0 Å². The Balaban J connectivity index is 1.14. The zero-order valence-corrected chi connectivity index (χ0v) is 26.5. The molecule has 0 saturated heterocycles. The third kappa shape index (κ3) is 3.69. The Morgan fingerprint density at radius 1 is 0.600 bits per heavy atom. The van der Waals surface area contributed by atoms with Crippen LogP contribution in [0.5, 0.6) is 11.5 Å². The monoisotopic (exact) mass is 652 g/mol. The van der Waals surface area contributed by atoms with Crippen molar-refractivity contribution < 1.29 is 13.2 Å². The smallest absolute Gasteiger partial charge is 0.145 e. The second-order valence-corrected chi connectivity index (χ2v) is 12.8. The Bertz CT molecular complexity index is 3170. The van der Waals surface area contributed by atoms with Crippen molar-refractivity contribution in [2.24, 2.45) is 0 Å². The number of ether oxygens (including phenoxy) is 1. The number of benzene rings is 6. The second kappa shape index (κ2) is 9.96. The number of pyridine rings is 1. The van der Waals surface area contributed by atoms with Gasteiger partial charge in [0.25, 0.3) is 0 Å². The standard InChI is InChI=1S/C43H28FN5O/c1-46-25-47(38-16-5-4-15-37(38)46)27-21-26(44)22-29(23-27)50-28-18-19-31-33-12-7-17-39-42(33)49(40(31)24-28)43-35(13-8-20-45-43)34-11-6-10-32-30-9-2-3-14-36(30)48(39)41(32)34/h2-24H,25H2,1H3/i1D3. The molecule has 0 radical (unpaired) electrons. The zero-order chi connectivity index (χ0) is 35.6. The van der Waals surface area contributed by atoms with Gasteiger partial charge in [0.1, 0.15) is 23.0 Å². The van der Waals surface area contributed by atoms with E-state index in [4.69, 9.17) is 13.8 Å². The number of para-hydroxylation sites is 5. The summed E-state index contributed by atoms with van der Waals surface area (Å²) in [5.41, 5.74) is 7.78. The summed E-state index contributed by atoms with van der Waals surface area (Å²) in [7, 11) is 0. The topological polar surface area (TPSA) is 37.4 Å². The van der Waals surface area contributed by atoms with Crippen LogP contribution in [-0.2, 0) is 0 Å². The molecule has 0 atom stereocenters. The van der Waals surface area contributed by atoms with E-state index in [0.717, 1.165) is 54.8 Å². The van der Waals surface area contributed by atoms with Crippen LogP contribution >= 0.6 is 0 Å². The van der Waals surface area contributed by atoms with E-state index in [9.17, 15) is 0 Å². The average Bonchev–Trinajstić information content (AvgIpc) is 3.82. The molecule has 238 valence electrons.